The second kappa shape index (κ2) is 4.05. The summed E-state index contributed by atoms with van der Waals surface area (Å²) >= 11 is 0. The van der Waals surface area contributed by atoms with E-state index in [9.17, 15) is 0 Å². The Labute approximate surface area is 83.2 Å². The van der Waals surface area contributed by atoms with E-state index in [2.05, 4.69) is 22.1 Å². The summed E-state index contributed by atoms with van der Waals surface area (Å²) in [6, 6.07) is 5.92. The van der Waals surface area contributed by atoms with Crippen LogP contribution >= 0.6 is 0 Å². The van der Waals surface area contributed by atoms with E-state index in [1.54, 1.807) is 6.20 Å². The molecule has 2 rings (SSSR count). The zero-order valence-corrected chi connectivity index (χ0v) is 7.85. The molecule has 0 fully saturated rings. The fourth-order valence-electron chi connectivity index (χ4n) is 1.52. The Morgan fingerprint density at radius 2 is 2.36 bits per heavy atom. The number of aromatic nitrogens is 3. The van der Waals surface area contributed by atoms with E-state index in [-0.39, 0.29) is 5.92 Å². The molecule has 0 saturated carbocycles. The molecule has 3 nitrogen and oxygen atoms in total. The molecule has 0 amide bonds. The van der Waals surface area contributed by atoms with Crippen LogP contribution in [-0.4, -0.2) is 15.2 Å². The molecule has 0 bridgehead atoms. The molecule has 2 aromatic rings. The fraction of sp³-hybridized carbons (Fsp3) is 0.182. The van der Waals surface area contributed by atoms with Crippen molar-refractivity contribution in [1.29, 1.82) is 0 Å². The average Bonchev–Trinajstić information content (AvgIpc) is 2.74. The molecule has 1 N–H and O–H groups in total. The third kappa shape index (κ3) is 1.66. The molecule has 0 spiro atoms. The van der Waals surface area contributed by atoms with Gasteiger partial charge in [-0.25, -0.2) is 0 Å². The molecule has 0 aliphatic rings. The van der Waals surface area contributed by atoms with Crippen molar-refractivity contribution in [3.05, 3.63) is 55.0 Å². The molecule has 1 radical (unpaired) electrons. The number of aromatic amines is 1. The highest BCUT2D eigenvalue weighted by Crippen LogP contribution is 2.24. The van der Waals surface area contributed by atoms with Gasteiger partial charge in [-0.05, 0) is 24.1 Å². The van der Waals surface area contributed by atoms with Gasteiger partial charge in [0.2, 0.25) is 0 Å². The van der Waals surface area contributed by atoms with Crippen LogP contribution in [0.3, 0.4) is 0 Å². The molecule has 2 heterocycles. The van der Waals surface area contributed by atoms with Gasteiger partial charge in [0.15, 0.2) is 0 Å². The van der Waals surface area contributed by atoms with Crippen LogP contribution in [0, 0.1) is 6.92 Å². The molecule has 2 aromatic heterocycles. The van der Waals surface area contributed by atoms with Crippen LogP contribution in [0.2, 0.25) is 0 Å². The molecule has 0 aliphatic heterocycles. The van der Waals surface area contributed by atoms with Crippen molar-refractivity contribution >= 4 is 0 Å². The smallest absolute Gasteiger partial charge is 0.0526 e. The van der Waals surface area contributed by atoms with Crippen LogP contribution in [0.4, 0.5) is 0 Å². The number of pyridine rings is 1. The van der Waals surface area contributed by atoms with Crippen molar-refractivity contribution < 1.29 is 0 Å². The zero-order valence-electron chi connectivity index (χ0n) is 7.85. The van der Waals surface area contributed by atoms with Gasteiger partial charge < -0.3 is 0 Å². The summed E-state index contributed by atoms with van der Waals surface area (Å²) in [5, 5.41) is 6.74. The lowest BCUT2D eigenvalue weighted by Crippen LogP contribution is -2.00. The SMILES string of the molecule is [CH2]CC(c1cn[nH]c1)c1ccccn1. The van der Waals surface area contributed by atoms with Gasteiger partial charge in [0, 0.05) is 24.0 Å². The van der Waals surface area contributed by atoms with Crippen molar-refractivity contribution in [2.24, 2.45) is 0 Å². The Hall–Kier alpha value is -1.64. The van der Waals surface area contributed by atoms with Gasteiger partial charge in [-0.2, -0.15) is 5.10 Å². The first-order chi connectivity index (χ1) is 6.92. The number of hydrogen-bond donors (Lipinski definition) is 1. The summed E-state index contributed by atoms with van der Waals surface area (Å²) < 4.78 is 0. The summed E-state index contributed by atoms with van der Waals surface area (Å²) in [5.41, 5.74) is 2.18. The Bertz CT molecular complexity index is 367. The highest BCUT2D eigenvalue weighted by molar-refractivity contribution is 5.24. The van der Waals surface area contributed by atoms with E-state index in [0.717, 1.165) is 17.7 Å². The zero-order chi connectivity index (χ0) is 9.80. The van der Waals surface area contributed by atoms with E-state index in [1.807, 2.05) is 30.6 Å². The minimum atomic E-state index is 0.245. The van der Waals surface area contributed by atoms with E-state index < -0.39 is 0 Å². The Balaban J connectivity index is 2.31. The highest BCUT2D eigenvalue weighted by Gasteiger charge is 2.13. The summed E-state index contributed by atoms with van der Waals surface area (Å²) in [4.78, 5) is 4.32. The van der Waals surface area contributed by atoms with Crippen LogP contribution in [0.15, 0.2) is 36.8 Å². The van der Waals surface area contributed by atoms with Gasteiger partial charge in [-0.1, -0.05) is 13.0 Å². The summed E-state index contributed by atoms with van der Waals surface area (Å²) in [7, 11) is 0. The predicted octanol–water partition coefficient (Wildman–Crippen LogP) is 2.16. The van der Waals surface area contributed by atoms with Crippen LogP contribution < -0.4 is 0 Å². The van der Waals surface area contributed by atoms with Gasteiger partial charge >= 0.3 is 0 Å². The van der Waals surface area contributed by atoms with Crippen molar-refractivity contribution in [1.82, 2.24) is 15.2 Å². The first-order valence-corrected chi connectivity index (χ1v) is 4.60. The topological polar surface area (TPSA) is 41.6 Å². The van der Waals surface area contributed by atoms with E-state index in [4.69, 9.17) is 0 Å². The third-order valence-electron chi connectivity index (χ3n) is 2.26. The molecule has 71 valence electrons. The Morgan fingerprint density at radius 1 is 1.43 bits per heavy atom. The third-order valence-corrected chi connectivity index (χ3v) is 2.26. The lowest BCUT2D eigenvalue weighted by molar-refractivity contribution is 0.793. The maximum atomic E-state index is 4.32. The van der Waals surface area contributed by atoms with Crippen molar-refractivity contribution in [2.45, 2.75) is 12.3 Å². The van der Waals surface area contributed by atoms with Crippen LogP contribution in [0.1, 0.15) is 23.6 Å². The van der Waals surface area contributed by atoms with Gasteiger partial charge in [0.1, 0.15) is 0 Å². The lowest BCUT2D eigenvalue weighted by atomic mass is 9.96. The second-order valence-electron chi connectivity index (χ2n) is 3.13. The molecule has 0 aliphatic carbocycles. The van der Waals surface area contributed by atoms with Crippen molar-refractivity contribution in [3.63, 3.8) is 0 Å². The molecule has 3 heteroatoms. The maximum absolute atomic E-state index is 4.32. The van der Waals surface area contributed by atoms with Gasteiger partial charge in [0.25, 0.3) is 0 Å². The first kappa shape index (κ1) is 8.94. The standard InChI is InChI=1S/C11H12N3/c1-2-10(9-7-13-14-8-9)11-5-3-4-6-12-11/h3-8,10H,1-2H2,(H,13,14). The quantitative estimate of drug-likeness (QED) is 0.798. The maximum Gasteiger partial charge on any atom is 0.0526 e. The molecular weight excluding hydrogens is 174 g/mol. The second-order valence-corrected chi connectivity index (χ2v) is 3.13. The minimum Gasteiger partial charge on any atom is -0.285 e. The highest BCUT2D eigenvalue weighted by atomic mass is 15.1. The Morgan fingerprint density at radius 3 is 2.93 bits per heavy atom. The Kier molecular flexibility index (Phi) is 2.58. The normalized spacial score (nSPS) is 12.6. The van der Waals surface area contributed by atoms with Crippen LogP contribution in [0.5, 0.6) is 0 Å². The largest absolute Gasteiger partial charge is 0.285 e. The minimum absolute atomic E-state index is 0.245. The van der Waals surface area contributed by atoms with Gasteiger partial charge in [-0.3, -0.25) is 10.1 Å². The number of rotatable bonds is 3. The summed E-state index contributed by atoms with van der Waals surface area (Å²) in [5.74, 6) is 0.245. The number of nitrogens with one attached hydrogen (secondary N) is 1. The molecule has 0 aromatic carbocycles. The average molecular weight is 186 g/mol. The molecule has 1 unspecified atom stereocenters. The number of hydrogen-bond acceptors (Lipinski definition) is 2. The van der Waals surface area contributed by atoms with E-state index >= 15 is 0 Å². The summed E-state index contributed by atoms with van der Waals surface area (Å²) in [6.45, 7) is 3.94. The van der Waals surface area contributed by atoms with Crippen LogP contribution in [0.25, 0.3) is 0 Å². The molecule has 1 atom stereocenters. The number of H-pyrrole nitrogens is 1. The molecule has 14 heavy (non-hydrogen) atoms. The molecular formula is C11H12N3. The molecule has 0 saturated heterocycles. The summed E-state index contributed by atoms with van der Waals surface area (Å²) in [6.07, 6.45) is 6.31. The predicted molar refractivity (Wildman–Crippen MR) is 54.6 cm³/mol. The van der Waals surface area contributed by atoms with Crippen molar-refractivity contribution in [3.8, 4) is 0 Å². The van der Waals surface area contributed by atoms with E-state index in [0.29, 0.717) is 0 Å². The lowest BCUT2D eigenvalue weighted by Gasteiger charge is -2.11. The number of nitrogens with zero attached hydrogens (tertiary/aromatic N) is 2. The monoisotopic (exact) mass is 186 g/mol. The first-order valence-electron chi connectivity index (χ1n) is 4.60. The van der Waals surface area contributed by atoms with E-state index in [1.165, 1.54) is 0 Å². The van der Waals surface area contributed by atoms with Gasteiger partial charge in [-0.15, -0.1) is 0 Å². The fourth-order valence-corrected chi connectivity index (χ4v) is 1.52. The van der Waals surface area contributed by atoms with Crippen molar-refractivity contribution in [2.75, 3.05) is 0 Å². The van der Waals surface area contributed by atoms with Gasteiger partial charge in [0.05, 0.1) is 6.20 Å². The van der Waals surface area contributed by atoms with Crippen LogP contribution in [-0.2, 0) is 0 Å².